The molecule has 0 aliphatic carbocycles. The number of thioether (sulfide) groups is 1. The van der Waals surface area contributed by atoms with Gasteiger partial charge < -0.3 is 5.32 Å². The number of nitrogens with one attached hydrogen (secondary N) is 1. The van der Waals surface area contributed by atoms with Gasteiger partial charge in [-0.05, 0) is 56.3 Å². The minimum absolute atomic E-state index is 0.828. The van der Waals surface area contributed by atoms with Crippen molar-refractivity contribution < 1.29 is 0 Å². The van der Waals surface area contributed by atoms with Gasteiger partial charge in [0.05, 0.1) is 0 Å². The molecule has 0 bridgehead atoms. The SMILES string of the molecule is CCCNCCCCSc1cccc(Cl)c1. The second-order valence-electron chi connectivity index (χ2n) is 3.76. The number of benzene rings is 1. The second-order valence-corrected chi connectivity index (χ2v) is 5.37. The zero-order chi connectivity index (χ0) is 11.6. The van der Waals surface area contributed by atoms with Gasteiger partial charge in [-0.2, -0.15) is 0 Å². The summed E-state index contributed by atoms with van der Waals surface area (Å²) in [6.45, 7) is 4.48. The third kappa shape index (κ3) is 6.41. The number of unbranched alkanes of at least 4 members (excludes halogenated alkanes) is 1. The first kappa shape index (κ1) is 13.9. The van der Waals surface area contributed by atoms with Crippen LogP contribution in [-0.2, 0) is 0 Å². The molecule has 90 valence electrons. The normalized spacial score (nSPS) is 10.6. The van der Waals surface area contributed by atoms with Crippen LogP contribution in [0.25, 0.3) is 0 Å². The highest BCUT2D eigenvalue weighted by atomic mass is 35.5. The molecule has 1 aromatic rings. The summed E-state index contributed by atoms with van der Waals surface area (Å²) >= 11 is 7.80. The minimum Gasteiger partial charge on any atom is -0.317 e. The van der Waals surface area contributed by atoms with E-state index in [9.17, 15) is 0 Å². The third-order valence-electron chi connectivity index (χ3n) is 2.24. The van der Waals surface area contributed by atoms with Crippen molar-refractivity contribution in [2.45, 2.75) is 31.1 Å². The van der Waals surface area contributed by atoms with Gasteiger partial charge in [0.15, 0.2) is 0 Å². The first-order chi connectivity index (χ1) is 7.83. The highest BCUT2D eigenvalue weighted by Crippen LogP contribution is 2.22. The van der Waals surface area contributed by atoms with Crippen LogP contribution in [0.1, 0.15) is 26.2 Å². The zero-order valence-corrected chi connectivity index (χ0v) is 11.4. The van der Waals surface area contributed by atoms with E-state index in [1.165, 1.54) is 29.9 Å². The summed E-state index contributed by atoms with van der Waals surface area (Å²) in [5, 5.41) is 4.24. The Kier molecular flexibility index (Phi) is 7.73. The van der Waals surface area contributed by atoms with Crippen LogP contribution in [-0.4, -0.2) is 18.8 Å². The molecule has 16 heavy (non-hydrogen) atoms. The van der Waals surface area contributed by atoms with Crippen LogP contribution < -0.4 is 5.32 Å². The fourth-order valence-electron chi connectivity index (χ4n) is 1.40. The van der Waals surface area contributed by atoms with Crippen molar-refractivity contribution in [3.05, 3.63) is 29.3 Å². The molecule has 0 aromatic heterocycles. The van der Waals surface area contributed by atoms with E-state index >= 15 is 0 Å². The van der Waals surface area contributed by atoms with Gasteiger partial charge in [-0.25, -0.2) is 0 Å². The predicted molar refractivity (Wildman–Crippen MR) is 74.6 cm³/mol. The molecule has 0 aliphatic rings. The lowest BCUT2D eigenvalue weighted by Gasteiger charge is -2.03. The molecule has 0 saturated heterocycles. The summed E-state index contributed by atoms with van der Waals surface area (Å²) in [4.78, 5) is 1.27. The molecule has 0 aliphatic heterocycles. The van der Waals surface area contributed by atoms with Gasteiger partial charge in [-0.3, -0.25) is 0 Å². The molecule has 0 spiro atoms. The Morgan fingerprint density at radius 1 is 1.25 bits per heavy atom. The fourth-order valence-corrected chi connectivity index (χ4v) is 2.62. The topological polar surface area (TPSA) is 12.0 Å². The molecule has 1 N–H and O–H groups in total. The van der Waals surface area contributed by atoms with E-state index in [1.54, 1.807) is 0 Å². The van der Waals surface area contributed by atoms with Gasteiger partial charge in [0, 0.05) is 9.92 Å². The van der Waals surface area contributed by atoms with Crippen molar-refractivity contribution in [3.8, 4) is 0 Å². The van der Waals surface area contributed by atoms with Crippen LogP contribution in [0.3, 0.4) is 0 Å². The van der Waals surface area contributed by atoms with Crippen molar-refractivity contribution in [1.29, 1.82) is 0 Å². The van der Waals surface area contributed by atoms with Gasteiger partial charge in [0.25, 0.3) is 0 Å². The largest absolute Gasteiger partial charge is 0.317 e. The molecule has 1 aromatic carbocycles. The highest BCUT2D eigenvalue weighted by Gasteiger charge is 1.95. The van der Waals surface area contributed by atoms with Crippen LogP contribution in [0.15, 0.2) is 29.2 Å². The summed E-state index contributed by atoms with van der Waals surface area (Å²) in [6, 6.07) is 8.07. The molecular formula is C13H20ClNS. The molecule has 3 heteroatoms. The van der Waals surface area contributed by atoms with Crippen LogP contribution in [0.4, 0.5) is 0 Å². The van der Waals surface area contributed by atoms with Crippen LogP contribution in [0.2, 0.25) is 5.02 Å². The van der Waals surface area contributed by atoms with E-state index in [4.69, 9.17) is 11.6 Å². The Morgan fingerprint density at radius 3 is 2.88 bits per heavy atom. The van der Waals surface area contributed by atoms with Crippen LogP contribution >= 0.6 is 23.4 Å². The Bertz CT molecular complexity index is 291. The van der Waals surface area contributed by atoms with Crippen molar-refractivity contribution >= 4 is 23.4 Å². The zero-order valence-electron chi connectivity index (χ0n) is 9.84. The van der Waals surface area contributed by atoms with E-state index < -0.39 is 0 Å². The van der Waals surface area contributed by atoms with Crippen molar-refractivity contribution in [1.82, 2.24) is 5.32 Å². The van der Waals surface area contributed by atoms with Gasteiger partial charge >= 0.3 is 0 Å². The predicted octanol–water partition coefficient (Wildman–Crippen LogP) is 4.21. The van der Waals surface area contributed by atoms with E-state index in [2.05, 4.69) is 18.3 Å². The van der Waals surface area contributed by atoms with E-state index in [1.807, 2.05) is 30.0 Å². The molecule has 0 unspecified atom stereocenters. The Hall–Kier alpha value is -0.180. The van der Waals surface area contributed by atoms with E-state index in [0.717, 1.165) is 18.1 Å². The van der Waals surface area contributed by atoms with Gasteiger partial charge in [-0.15, -0.1) is 11.8 Å². The van der Waals surface area contributed by atoms with Crippen LogP contribution in [0, 0.1) is 0 Å². The van der Waals surface area contributed by atoms with Gasteiger partial charge in [0.1, 0.15) is 0 Å². The Labute approximate surface area is 108 Å². The summed E-state index contributed by atoms with van der Waals surface area (Å²) in [5.41, 5.74) is 0. The monoisotopic (exact) mass is 257 g/mol. The molecular weight excluding hydrogens is 238 g/mol. The lowest BCUT2D eigenvalue weighted by molar-refractivity contribution is 0.635. The van der Waals surface area contributed by atoms with Crippen molar-refractivity contribution in [3.63, 3.8) is 0 Å². The summed E-state index contributed by atoms with van der Waals surface area (Å²) in [5.74, 6) is 1.17. The number of rotatable bonds is 8. The molecule has 1 rings (SSSR count). The smallest absolute Gasteiger partial charge is 0.0417 e. The van der Waals surface area contributed by atoms with E-state index in [0.29, 0.717) is 0 Å². The minimum atomic E-state index is 0.828. The maximum Gasteiger partial charge on any atom is 0.0417 e. The molecule has 0 heterocycles. The molecule has 0 fully saturated rings. The van der Waals surface area contributed by atoms with Crippen LogP contribution in [0.5, 0.6) is 0 Å². The Balaban J connectivity index is 2.03. The number of hydrogen-bond donors (Lipinski definition) is 1. The lowest BCUT2D eigenvalue weighted by atomic mass is 10.3. The number of halogens is 1. The standard InChI is InChI=1S/C13H20ClNS/c1-2-8-15-9-3-4-10-16-13-7-5-6-12(14)11-13/h5-7,11,15H,2-4,8-10H2,1H3. The first-order valence-electron chi connectivity index (χ1n) is 5.92. The Morgan fingerprint density at radius 2 is 2.12 bits per heavy atom. The fraction of sp³-hybridized carbons (Fsp3) is 0.538. The lowest BCUT2D eigenvalue weighted by Crippen LogP contribution is -2.15. The molecule has 1 nitrogen and oxygen atoms in total. The van der Waals surface area contributed by atoms with Gasteiger partial charge in [0.2, 0.25) is 0 Å². The molecule has 0 saturated carbocycles. The average molecular weight is 258 g/mol. The summed E-state index contributed by atoms with van der Waals surface area (Å²) < 4.78 is 0. The molecule has 0 atom stereocenters. The number of hydrogen-bond acceptors (Lipinski definition) is 2. The maximum atomic E-state index is 5.92. The third-order valence-corrected chi connectivity index (χ3v) is 3.55. The van der Waals surface area contributed by atoms with Crippen molar-refractivity contribution in [2.75, 3.05) is 18.8 Å². The van der Waals surface area contributed by atoms with Crippen molar-refractivity contribution in [2.24, 2.45) is 0 Å². The molecule has 0 radical (unpaired) electrons. The second kappa shape index (κ2) is 8.91. The van der Waals surface area contributed by atoms with Gasteiger partial charge in [-0.1, -0.05) is 24.6 Å². The molecule has 0 amide bonds. The quantitative estimate of drug-likeness (QED) is 0.553. The first-order valence-corrected chi connectivity index (χ1v) is 7.28. The summed E-state index contributed by atoms with van der Waals surface area (Å²) in [6.07, 6.45) is 3.73. The summed E-state index contributed by atoms with van der Waals surface area (Å²) in [7, 11) is 0. The van der Waals surface area contributed by atoms with E-state index in [-0.39, 0.29) is 0 Å². The highest BCUT2D eigenvalue weighted by molar-refractivity contribution is 7.99. The maximum absolute atomic E-state index is 5.92. The average Bonchev–Trinajstić information content (AvgIpc) is 2.28.